The van der Waals surface area contributed by atoms with Crippen molar-refractivity contribution in [1.82, 2.24) is 19.8 Å². The van der Waals surface area contributed by atoms with Gasteiger partial charge in [0, 0.05) is 59.4 Å². The molecule has 0 aliphatic heterocycles. The summed E-state index contributed by atoms with van der Waals surface area (Å²) in [5.74, 6) is -2.85. The number of nitrogens with one attached hydrogen (secondary N) is 2. The standard InChI is InChI=1S/2C13H17FN2.C4H4O4/c2*1-3-16(2)7-6-10-9-15-13-5-4-11(14)8-12(10)13;5-3(6)1-2-4(7)8/h2*4-5,8-9,15H,3,6-7H2,1-2H3;1-2H,(H,5,6)(H,7,8)/b;;2-1+. The highest BCUT2D eigenvalue weighted by molar-refractivity contribution is 5.89. The van der Waals surface area contributed by atoms with E-state index in [0.717, 1.165) is 60.8 Å². The van der Waals surface area contributed by atoms with Crippen molar-refractivity contribution in [3.63, 3.8) is 0 Å². The fourth-order valence-corrected chi connectivity index (χ4v) is 3.80. The van der Waals surface area contributed by atoms with Crippen molar-refractivity contribution >= 4 is 33.7 Å². The van der Waals surface area contributed by atoms with E-state index >= 15 is 0 Å². The summed E-state index contributed by atoms with van der Waals surface area (Å²) < 4.78 is 26.3. The monoisotopic (exact) mass is 556 g/mol. The van der Waals surface area contributed by atoms with E-state index in [1.54, 1.807) is 24.3 Å². The Bertz CT molecular complexity index is 1310. The van der Waals surface area contributed by atoms with Crippen molar-refractivity contribution in [2.45, 2.75) is 26.7 Å². The molecule has 0 bridgehead atoms. The van der Waals surface area contributed by atoms with Crippen molar-refractivity contribution in [1.29, 1.82) is 0 Å². The third kappa shape index (κ3) is 10.6. The first-order valence-corrected chi connectivity index (χ1v) is 13.1. The molecule has 40 heavy (non-hydrogen) atoms. The zero-order valence-electron chi connectivity index (χ0n) is 23.4. The highest BCUT2D eigenvalue weighted by Crippen LogP contribution is 2.21. The number of H-pyrrole nitrogens is 2. The normalized spacial score (nSPS) is 11.1. The van der Waals surface area contributed by atoms with Gasteiger partial charge in [-0.15, -0.1) is 0 Å². The van der Waals surface area contributed by atoms with Crippen LogP contribution in [0.2, 0.25) is 0 Å². The fraction of sp³-hybridized carbons (Fsp3) is 0.333. The lowest BCUT2D eigenvalue weighted by molar-refractivity contribution is -0.134. The number of likely N-dealkylation sites (N-methyl/N-ethyl adjacent to an activating group) is 2. The summed E-state index contributed by atoms with van der Waals surface area (Å²) in [7, 11) is 4.19. The number of aromatic amines is 2. The summed E-state index contributed by atoms with van der Waals surface area (Å²) in [5.41, 5.74) is 4.40. The number of hydrogen-bond donors (Lipinski definition) is 4. The smallest absolute Gasteiger partial charge is 0.328 e. The lowest BCUT2D eigenvalue weighted by atomic mass is 10.1. The van der Waals surface area contributed by atoms with Gasteiger partial charge in [-0.1, -0.05) is 13.8 Å². The van der Waals surface area contributed by atoms with Crippen LogP contribution in [0.4, 0.5) is 8.78 Å². The molecule has 0 radical (unpaired) electrons. The summed E-state index contributed by atoms with van der Waals surface area (Å²) in [5, 5.41) is 17.6. The Morgan fingerprint density at radius 2 is 1.12 bits per heavy atom. The first-order valence-electron chi connectivity index (χ1n) is 13.1. The largest absolute Gasteiger partial charge is 0.478 e. The number of rotatable bonds is 10. The first kappa shape index (κ1) is 32.2. The number of carboxylic acids is 2. The van der Waals surface area contributed by atoms with Crippen molar-refractivity contribution in [2.24, 2.45) is 0 Å². The molecule has 4 aromatic rings. The van der Waals surface area contributed by atoms with Gasteiger partial charge in [-0.3, -0.25) is 0 Å². The van der Waals surface area contributed by atoms with E-state index < -0.39 is 11.9 Å². The van der Waals surface area contributed by atoms with Crippen LogP contribution in [0.5, 0.6) is 0 Å². The SMILES string of the molecule is CCN(C)CCc1c[nH]c2ccc(F)cc12.CCN(C)CCc1c[nH]c2ccc(F)cc12.O=C(O)/C=C/C(=O)O. The third-order valence-corrected chi connectivity index (χ3v) is 6.43. The van der Waals surface area contributed by atoms with E-state index in [1.165, 1.54) is 23.3 Å². The molecule has 2 aromatic carbocycles. The van der Waals surface area contributed by atoms with Gasteiger partial charge in [0.05, 0.1) is 0 Å². The molecule has 0 aliphatic rings. The average molecular weight is 557 g/mol. The molecular weight excluding hydrogens is 518 g/mol. The molecular formula is C30H38F2N4O4. The second-order valence-corrected chi connectivity index (χ2v) is 9.31. The highest BCUT2D eigenvalue weighted by atomic mass is 19.1. The van der Waals surface area contributed by atoms with Gasteiger partial charge < -0.3 is 30.0 Å². The number of carbonyl (C=O) groups is 2. The molecule has 0 fully saturated rings. The minimum atomic E-state index is -1.26. The van der Waals surface area contributed by atoms with E-state index in [-0.39, 0.29) is 11.6 Å². The Hall–Kier alpha value is -4.02. The Morgan fingerprint density at radius 3 is 1.45 bits per heavy atom. The number of fused-ring (bicyclic) bond motifs is 2. The molecule has 0 spiro atoms. The van der Waals surface area contributed by atoms with Crippen LogP contribution in [-0.2, 0) is 22.4 Å². The zero-order chi connectivity index (χ0) is 29.7. The van der Waals surface area contributed by atoms with Crippen LogP contribution >= 0.6 is 0 Å². The summed E-state index contributed by atoms with van der Waals surface area (Å²) >= 11 is 0. The van der Waals surface area contributed by atoms with Gasteiger partial charge in [0.15, 0.2) is 0 Å². The molecule has 0 saturated heterocycles. The average Bonchev–Trinajstić information content (AvgIpc) is 3.52. The Balaban J connectivity index is 0.000000224. The number of nitrogens with zero attached hydrogens (tertiary/aromatic N) is 2. The van der Waals surface area contributed by atoms with Gasteiger partial charge in [-0.05, 0) is 87.6 Å². The topological polar surface area (TPSA) is 113 Å². The molecule has 0 unspecified atom stereocenters. The summed E-state index contributed by atoms with van der Waals surface area (Å²) in [6.45, 7) is 8.34. The van der Waals surface area contributed by atoms with Gasteiger partial charge in [-0.25, -0.2) is 18.4 Å². The molecule has 0 atom stereocenters. The quantitative estimate of drug-likeness (QED) is 0.197. The predicted octanol–water partition coefficient (Wildman–Crippen LogP) is 5.31. The molecule has 8 nitrogen and oxygen atoms in total. The van der Waals surface area contributed by atoms with Gasteiger partial charge in [0.1, 0.15) is 11.6 Å². The van der Waals surface area contributed by atoms with E-state index in [2.05, 4.69) is 47.7 Å². The molecule has 216 valence electrons. The summed E-state index contributed by atoms with van der Waals surface area (Å²) in [4.78, 5) is 29.9. The number of aliphatic carboxylic acids is 2. The molecule has 2 aromatic heterocycles. The molecule has 4 rings (SSSR count). The van der Waals surface area contributed by atoms with Crippen molar-refractivity contribution in [3.05, 3.63) is 83.7 Å². The first-order chi connectivity index (χ1) is 19.0. The van der Waals surface area contributed by atoms with Crippen LogP contribution < -0.4 is 0 Å². The second-order valence-electron chi connectivity index (χ2n) is 9.31. The highest BCUT2D eigenvalue weighted by Gasteiger charge is 2.06. The van der Waals surface area contributed by atoms with E-state index in [9.17, 15) is 18.4 Å². The number of aromatic nitrogens is 2. The van der Waals surface area contributed by atoms with Gasteiger partial charge in [-0.2, -0.15) is 0 Å². The lowest BCUT2D eigenvalue weighted by Crippen LogP contribution is -2.20. The van der Waals surface area contributed by atoms with E-state index in [4.69, 9.17) is 10.2 Å². The molecule has 0 amide bonds. The van der Waals surface area contributed by atoms with Crippen molar-refractivity contribution in [3.8, 4) is 0 Å². The minimum Gasteiger partial charge on any atom is -0.478 e. The molecule has 0 saturated carbocycles. The van der Waals surface area contributed by atoms with Crippen LogP contribution in [0.1, 0.15) is 25.0 Å². The maximum absolute atomic E-state index is 13.1. The van der Waals surface area contributed by atoms with Crippen molar-refractivity contribution in [2.75, 3.05) is 40.3 Å². The van der Waals surface area contributed by atoms with E-state index in [1.807, 2.05) is 12.4 Å². The summed E-state index contributed by atoms with van der Waals surface area (Å²) in [6.07, 6.45) is 6.98. The predicted molar refractivity (Wildman–Crippen MR) is 155 cm³/mol. The zero-order valence-corrected chi connectivity index (χ0v) is 23.4. The van der Waals surface area contributed by atoms with Gasteiger partial charge in [0.2, 0.25) is 0 Å². The number of halogens is 2. The van der Waals surface area contributed by atoms with E-state index in [0.29, 0.717) is 12.2 Å². The van der Waals surface area contributed by atoms with Crippen LogP contribution in [0, 0.1) is 11.6 Å². The number of hydrogen-bond acceptors (Lipinski definition) is 4. The molecule has 0 aliphatic carbocycles. The summed E-state index contributed by atoms with van der Waals surface area (Å²) in [6, 6.07) is 9.76. The van der Waals surface area contributed by atoms with Crippen LogP contribution in [0.25, 0.3) is 21.8 Å². The third-order valence-electron chi connectivity index (χ3n) is 6.43. The lowest BCUT2D eigenvalue weighted by Gasteiger charge is -2.12. The molecule has 10 heteroatoms. The molecule has 4 N–H and O–H groups in total. The molecule has 2 heterocycles. The van der Waals surface area contributed by atoms with Crippen LogP contribution in [0.3, 0.4) is 0 Å². The Kier molecular flexibility index (Phi) is 13.0. The van der Waals surface area contributed by atoms with Crippen molar-refractivity contribution < 1.29 is 28.6 Å². The Labute approximate surface area is 232 Å². The van der Waals surface area contributed by atoms with Crippen LogP contribution in [-0.4, -0.2) is 82.2 Å². The van der Waals surface area contributed by atoms with Crippen LogP contribution in [0.15, 0.2) is 60.9 Å². The van der Waals surface area contributed by atoms with Gasteiger partial charge in [0.25, 0.3) is 0 Å². The maximum atomic E-state index is 13.1. The second kappa shape index (κ2) is 16.2. The fourth-order valence-electron chi connectivity index (χ4n) is 3.80. The number of carboxylic acid groups (broad SMARTS) is 2. The maximum Gasteiger partial charge on any atom is 0.328 e. The van der Waals surface area contributed by atoms with Gasteiger partial charge >= 0.3 is 11.9 Å². The Morgan fingerprint density at radius 1 is 0.750 bits per heavy atom. The minimum absolute atomic E-state index is 0.169. The number of benzene rings is 2.